The number of aryl methyl sites for hydroxylation is 1. The van der Waals surface area contributed by atoms with Crippen LogP contribution in [0.15, 0.2) is 48.8 Å². The van der Waals surface area contributed by atoms with Gasteiger partial charge in [0, 0.05) is 18.8 Å². The molecule has 1 aliphatic heterocycles. The molecule has 0 bridgehead atoms. The van der Waals surface area contributed by atoms with E-state index in [1.165, 1.54) is 11.0 Å². The van der Waals surface area contributed by atoms with Gasteiger partial charge in [-0.05, 0) is 31.9 Å². The Morgan fingerprint density at radius 2 is 2.07 bits per heavy atom. The Hall–Kier alpha value is -3.29. The number of likely N-dealkylation sites (tertiary alicyclic amines) is 1. The van der Waals surface area contributed by atoms with E-state index in [-0.39, 0.29) is 12.0 Å². The van der Waals surface area contributed by atoms with Crippen molar-refractivity contribution >= 4 is 5.91 Å². The van der Waals surface area contributed by atoms with Crippen LogP contribution >= 0.6 is 0 Å². The molecule has 1 saturated heterocycles. The molecule has 3 aromatic rings. The molecule has 0 spiro atoms. The van der Waals surface area contributed by atoms with Crippen molar-refractivity contribution in [2.75, 3.05) is 13.1 Å². The van der Waals surface area contributed by atoms with Gasteiger partial charge in [-0.25, -0.2) is 4.98 Å². The summed E-state index contributed by atoms with van der Waals surface area (Å²) in [6.45, 7) is 3.00. The van der Waals surface area contributed by atoms with Crippen LogP contribution in [0.1, 0.15) is 29.2 Å². The lowest BCUT2D eigenvalue weighted by Crippen LogP contribution is -2.44. The highest BCUT2D eigenvalue weighted by Gasteiger charge is 2.27. The third-order valence-corrected chi connectivity index (χ3v) is 4.40. The average Bonchev–Trinajstić information content (AvgIpc) is 3.19. The van der Waals surface area contributed by atoms with Crippen LogP contribution in [0, 0.1) is 6.92 Å². The molecule has 4 rings (SSSR count). The molecule has 0 saturated carbocycles. The summed E-state index contributed by atoms with van der Waals surface area (Å²) in [4.78, 5) is 24.4. The van der Waals surface area contributed by atoms with E-state index in [2.05, 4.69) is 20.2 Å². The second kappa shape index (κ2) is 7.53. The minimum absolute atomic E-state index is 0.0961. The number of piperidine rings is 1. The fourth-order valence-corrected chi connectivity index (χ4v) is 3.10. The maximum absolute atomic E-state index is 12.8. The van der Waals surface area contributed by atoms with E-state index in [0.717, 1.165) is 18.5 Å². The van der Waals surface area contributed by atoms with Crippen molar-refractivity contribution in [2.24, 2.45) is 0 Å². The third kappa shape index (κ3) is 3.94. The number of amides is 1. The van der Waals surface area contributed by atoms with Gasteiger partial charge in [0.15, 0.2) is 5.69 Å². The van der Waals surface area contributed by atoms with Gasteiger partial charge in [0.25, 0.3) is 5.91 Å². The first-order valence-electron chi connectivity index (χ1n) is 8.92. The van der Waals surface area contributed by atoms with Crippen LogP contribution in [0.5, 0.6) is 5.88 Å². The molecular formula is C19H20N6O2. The lowest BCUT2D eigenvalue weighted by molar-refractivity contribution is 0.0521. The number of carbonyl (C=O) groups is 1. The van der Waals surface area contributed by atoms with Crippen molar-refractivity contribution in [1.29, 1.82) is 0 Å². The molecule has 138 valence electrons. The van der Waals surface area contributed by atoms with Gasteiger partial charge in [0.2, 0.25) is 5.88 Å². The molecule has 1 amide bonds. The van der Waals surface area contributed by atoms with Crippen LogP contribution in [-0.4, -0.2) is 55.0 Å². The molecule has 27 heavy (non-hydrogen) atoms. The summed E-state index contributed by atoms with van der Waals surface area (Å²) >= 11 is 0. The van der Waals surface area contributed by atoms with Gasteiger partial charge in [0.05, 0.1) is 18.4 Å². The van der Waals surface area contributed by atoms with Gasteiger partial charge in [-0.2, -0.15) is 14.9 Å². The number of hydrogen-bond acceptors (Lipinski definition) is 6. The van der Waals surface area contributed by atoms with Gasteiger partial charge in [-0.3, -0.25) is 4.79 Å². The van der Waals surface area contributed by atoms with Crippen LogP contribution in [0.3, 0.4) is 0 Å². The summed E-state index contributed by atoms with van der Waals surface area (Å²) in [7, 11) is 0. The molecule has 1 aromatic carbocycles. The monoisotopic (exact) mass is 364 g/mol. The zero-order valence-corrected chi connectivity index (χ0v) is 15.0. The molecule has 0 aliphatic carbocycles. The number of hydrogen-bond donors (Lipinski definition) is 0. The second-order valence-electron chi connectivity index (χ2n) is 6.43. The number of nitrogens with zero attached hydrogens (tertiary/aromatic N) is 6. The smallest absolute Gasteiger partial charge is 0.276 e. The molecule has 0 N–H and O–H groups in total. The Kier molecular flexibility index (Phi) is 4.78. The average molecular weight is 364 g/mol. The molecule has 0 radical (unpaired) electrons. The Bertz CT molecular complexity index is 927. The van der Waals surface area contributed by atoms with Crippen LogP contribution in [-0.2, 0) is 0 Å². The minimum Gasteiger partial charge on any atom is -0.472 e. The molecule has 1 aliphatic rings. The van der Waals surface area contributed by atoms with Crippen molar-refractivity contribution < 1.29 is 9.53 Å². The fourth-order valence-electron chi connectivity index (χ4n) is 3.10. The van der Waals surface area contributed by atoms with Crippen LogP contribution in [0.2, 0.25) is 0 Å². The third-order valence-electron chi connectivity index (χ3n) is 4.40. The van der Waals surface area contributed by atoms with E-state index in [0.29, 0.717) is 30.5 Å². The topological polar surface area (TPSA) is 86.0 Å². The molecular weight excluding hydrogens is 344 g/mol. The van der Waals surface area contributed by atoms with E-state index in [4.69, 9.17) is 4.74 Å². The molecule has 1 fully saturated rings. The van der Waals surface area contributed by atoms with E-state index in [9.17, 15) is 4.79 Å². The highest BCUT2D eigenvalue weighted by Crippen LogP contribution is 2.18. The zero-order chi connectivity index (χ0) is 18.6. The van der Waals surface area contributed by atoms with Gasteiger partial charge < -0.3 is 9.64 Å². The number of benzene rings is 1. The summed E-state index contributed by atoms with van der Waals surface area (Å²) in [6, 6.07) is 11.2. The van der Waals surface area contributed by atoms with E-state index < -0.39 is 0 Å². The summed E-state index contributed by atoms with van der Waals surface area (Å²) < 4.78 is 5.94. The number of para-hydroxylation sites is 1. The van der Waals surface area contributed by atoms with E-state index in [1.54, 1.807) is 17.2 Å². The van der Waals surface area contributed by atoms with Crippen LogP contribution < -0.4 is 4.74 Å². The summed E-state index contributed by atoms with van der Waals surface area (Å²) in [5.41, 5.74) is 1.15. The Morgan fingerprint density at radius 1 is 1.22 bits per heavy atom. The minimum atomic E-state index is -0.135. The highest BCUT2D eigenvalue weighted by atomic mass is 16.5. The molecule has 8 nitrogen and oxygen atoms in total. The molecule has 3 heterocycles. The van der Waals surface area contributed by atoms with Crippen molar-refractivity contribution in [3.8, 4) is 11.6 Å². The molecule has 1 atom stereocenters. The van der Waals surface area contributed by atoms with Crippen molar-refractivity contribution in [1.82, 2.24) is 29.9 Å². The summed E-state index contributed by atoms with van der Waals surface area (Å²) in [5, 5.41) is 8.54. The van der Waals surface area contributed by atoms with Crippen molar-refractivity contribution in [3.63, 3.8) is 0 Å². The second-order valence-corrected chi connectivity index (χ2v) is 6.43. The largest absolute Gasteiger partial charge is 0.472 e. The maximum atomic E-state index is 12.8. The Balaban J connectivity index is 1.43. The van der Waals surface area contributed by atoms with Gasteiger partial charge in [0.1, 0.15) is 11.9 Å². The summed E-state index contributed by atoms with van der Waals surface area (Å²) in [5.74, 6) is 1.06. The Labute approximate surface area is 156 Å². The normalized spacial score (nSPS) is 16.9. The number of ether oxygens (including phenoxy) is 1. The standard InChI is InChI=1S/C19H20N6O2/c1-14-20-10-9-18(22-14)27-16-8-5-11-24(13-16)19(26)17-12-21-25(23-17)15-6-3-2-4-7-15/h2-4,6-7,9-10,12,16H,5,8,11,13H2,1H3. The first-order valence-corrected chi connectivity index (χ1v) is 8.92. The van der Waals surface area contributed by atoms with Gasteiger partial charge in [-0.1, -0.05) is 18.2 Å². The number of carbonyl (C=O) groups excluding carboxylic acids is 1. The van der Waals surface area contributed by atoms with E-state index in [1.807, 2.05) is 37.3 Å². The predicted molar refractivity (Wildman–Crippen MR) is 97.7 cm³/mol. The molecule has 2 aromatic heterocycles. The van der Waals surface area contributed by atoms with Crippen molar-refractivity contribution in [2.45, 2.75) is 25.9 Å². The first kappa shape index (κ1) is 17.1. The Morgan fingerprint density at radius 3 is 2.89 bits per heavy atom. The predicted octanol–water partition coefficient (Wildman–Crippen LogP) is 2.05. The molecule has 8 heteroatoms. The van der Waals surface area contributed by atoms with E-state index >= 15 is 0 Å². The van der Waals surface area contributed by atoms with Gasteiger partial charge in [-0.15, -0.1) is 5.10 Å². The lowest BCUT2D eigenvalue weighted by atomic mass is 10.1. The van der Waals surface area contributed by atoms with Crippen LogP contribution in [0.25, 0.3) is 5.69 Å². The molecule has 1 unspecified atom stereocenters. The SMILES string of the molecule is Cc1nccc(OC2CCCN(C(=O)c3cnn(-c4ccccc4)n3)C2)n1. The first-order chi connectivity index (χ1) is 13.2. The number of aromatic nitrogens is 5. The summed E-state index contributed by atoms with van der Waals surface area (Å²) in [6.07, 6.45) is 4.83. The fraction of sp³-hybridized carbons (Fsp3) is 0.316. The van der Waals surface area contributed by atoms with Crippen LogP contribution in [0.4, 0.5) is 0 Å². The highest BCUT2D eigenvalue weighted by molar-refractivity contribution is 5.92. The van der Waals surface area contributed by atoms with Gasteiger partial charge >= 0.3 is 0 Å². The van der Waals surface area contributed by atoms with Crippen molar-refractivity contribution in [3.05, 3.63) is 60.3 Å². The zero-order valence-electron chi connectivity index (χ0n) is 15.0. The quantitative estimate of drug-likeness (QED) is 0.704. The number of rotatable bonds is 4. The maximum Gasteiger partial charge on any atom is 0.276 e. The lowest BCUT2D eigenvalue weighted by Gasteiger charge is -2.32.